The number of hydrogen-bond acceptors (Lipinski definition) is 8. The Morgan fingerprint density at radius 1 is 0.935 bits per heavy atom. The van der Waals surface area contributed by atoms with Crippen LogP contribution < -0.4 is 10.6 Å². The molecule has 2 heterocycles. The summed E-state index contributed by atoms with van der Waals surface area (Å²) in [5.74, 6) is -1.56. The lowest BCUT2D eigenvalue weighted by molar-refractivity contribution is -0.136. The number of carbonyl (C=O) groups is 2. The summed E-state index contributed by atoms with van der Waals surface area (Å²) in [6, 6.07) is 15.1. The molecule has 3 N–H and O–H groups in total. The van der Waals surface area contributed by atoms with Crippen LogP contribution in [0.1, 0.15) is 70.7 Å². The van der Waals surface area contributed by atoms with Crippen molar-refractivity contribution in [3.8, 4) is 0 Å². The highest BCUT2D eigenvalue weighted by Gasteiger charge is 2.46. The summed E-state index contributed by atoms with van der Waals surface area (Å²) in [7, 11) is -4.48. The fourth-order valence-corrected chi connectivity index (χ4v) is 6.34. The van der Waals surface area contributed by atoms with Crippen LogP contribution in [0, 0.1) is 0 Å². The Balaban J connectivity index is 2.07. The molecule has 250 valence electrons. The zero-order valence-corrected chi connectivity index (χ0v) is 27.2. The molecule has 1 atom stereocenters. The summed E-state index contributed by atoms with van der Waals surface area (Å²) in [4.78, 5) is 31.5. The van der Waals surface area contributed by atoms with Crippen molar-refractivity contribution in [3.63, 3.8) is 0 Å². The second-order valence-electron chi connectivity index (χ2n) is 12.6. The highest BCUT2D eigenvalue weighted by atomic mass is 32.2. The number of halogens is 3. The molecule has 46 heavy (non-hydrogen) atoms. The Morgan fingerprint density at radius 2 is 1.59 bits per heavy atom. The van der Waals surface area contributed by atoms with E-state index in [0.29, 0.717) is 5.56 Å². The number of aromatic nitrogens is 2. The molecule has 2 aromatic heterocycles. The number of carboxylic acid groups (broad SMARTS) is 1. The largest absolute Gasteiger partial charge is 0.480 e. The number of hydrogen-bond donors (Lipinski definition) is 2. The maximum absolute atomic E-state index is 14.1. The third-order valence-electron chi connectivity index (χ3n) is 7.21. The third kappa shape index (κ3) is 9.25. The SMILES string of the molecule is CC(C)(C)OC(=O)N(CC(=O)O)c1cccc(C(N)(Cc2ccc(C(C)(C)CCCC(F)(F)F)cc2)S(=O)(=O)c2ccccn2)n1. The number of rotatable bonds is 12. The first-order chi connectivity index (χ1) is 21.1. The lowest BCUT2D eigenvalue weighted by Crippen LogP contribution is -2.48. The number of benzene rings is 1. The number of carbonyl (C=O) groups excluding carboxylic acids is 1. The van der Waals surface area contributed by atoms with Crippen molar-refractivity contribution in [3.05, 3.63) is 83.7 Å². The molecule has 0 bridgehead atoms. The highest BCUT2D eigenvalue weighted by Crippen LogP contribution is 2.36. The highest BCUT2D eigenvalue weighted by molar-refractivity contribution is 7.92. The van der Waals surface area contributed by atoms with Gasteiger partial charge in [0.25, 0.3) is 0 Å². The van der Waals surface area contributed by atoms with Gasteiger partial charge in [0.2, 0.25) is 9.84 Å². The maximum Gasteiger partial charge on any atom is 0.416 e. The monoisotopic (exact) mass is 664 g/mol. The lowest BCUT2D eigenvalue weighted by atomic mass is 9.79. The number of sulfone groups is 1. The lowest BCUT2D eigenvalue weighted by Gasteiger charge is -2.31. The first-order valence-electron chi connectivity index (χ1n) is 14.5. The van der Waals surface area contributed by atoms with Gasteiger partial charge in [0.1, 0.15) is 18.0 Å². The van der Waals surface area contributed by atoms with Crippen LogP contribution in [0.3, 0.4) is 0 Å². The van der Waals surface area contributed by atoms with Crippen molar-refractivity contribution in [1.29, 1.82) is 0 Å². The van der Waals surface area contributed by atoms with Crippen LogP contribution in [0.5, 0.6) is 0 Å². The van der Waals surface area contributed by atoms with Crippen LogP contribution in [0.4, 0.5) is 23.8 Å². The zero-order valence-electron chi connectivity index (χ0n) is 26.3. The molecule has 0 radical (unpaired) electrons. The van der Waals surface area contributed by atoms with Crippen molar-refractivity contribution in [2.45, 2.75) is 87.4 Å². The standard InChI is InChI=1S/C32H39F3N4O6S/c1-29(2,3)45-28(42)39(21-27(40)41)25-11-8-10-24(38-25)31(36,46(43,44)26-12-6-7-19-37-26)20-22-13-15-23(16-14-22)30(4,5)17-9-18-32(33,34)35/h6-8,10-16,19H,9,17-18,20-21,36H2,1-5H3,(H,40,41). The topological polar surface area (TPSA) is 153 Å². The number of ether oxygens (including phenoxy) is 1. The zero-order chi connectivity index (χ0) is 34.6. The van der Waals surface area contributed by atoms with E-state index in [-0.39, 0.29) is 35.8 Å². The minimum absolute atomic E-state index is 0.0450. The minimum Gasteiger partial charge on any atom is -0.480 e. The Hall–Kier alpha value is -4.04. The van der Waals surface area contributed by atoms with E-state index in [1.54, 1.807) is 45.0 Å². The Bertz CT molecular complexity index is 1630. The summed E-state index contributed by atoms with van der Waals surface area (Å²) >= 11 is 0. The second kappa shape index (κ2) is 13.8. The van der Waals surface area contributed by atoms with Gasteiger partial charge in [-0.1, -0.05) is 50.2 Å². The van der Waals surface area contributed by atoms with Gasteiger partial charge >= 0.3 is 18.2 Å². The van der Waals surface area contributed by atoms with E-state index >= 15 is 0 Å². The smallest absolute Gasteiger partial charge is 0.416 e. The van der Waals surface area contributed by atoms with E-state index < -0.39 is 56.9 Å². The summed E-state index contributed by atoms with van der Waals surface area (Å²) in [6.45, 7) is 7.66. The number of nitrogens with two attached hydrogens (primary N) is 1. The molecule has 3 rings (SSSR count). The van der Waals surface area contributed by atoms with Gasteiger partial charge < -0.3 is 15.6 Å². The Morgan fingerprint density at radius 3 is 2.13 bits per heavy atom. The van der Waals surface area contributed by atoms with E-state index in [4.69, 9.17) is 10.5 Å². The number of alkyl halides is 3. The van der Waals surface area contributed by atoms with Crippen LogP contribution >= 0.6 is 0 Å². The number of carboxylic acids is 1. The number of amides is 1. The molecule has 14 heteroatoms. The number of pyridine rings is 2. The van der Waals surface area contributed by atoms with Gasteiger partial charge in [-0.2, -0.15) is 13.2 Å². The van der Waals surface area contributed by atoms with Gasteiger partial charge in [0.15, 0.2) is 9.90 Å². The Kier molecular flexibility index (Phi) is 10.9. The van der Waals surface area contributed by atoms with E-state index in [1.807, 2.05) is 13.8 Å². The molecule has 0 aliphatic heterocycles. The number of nitrogens with zero attached hydrogens (tertiary/aromatic N) is 3. The molecule has 0 spiro atoms. The van der Waals surface area contributed by atoms with Crippen LogP contribution in [-0.4, -0.2) is 53.9 Å². The van der Waals surface area contributed by atoms with Crippen LogP contribution in [0.25, 0.3) is 0 Å². The van der Waals surface area contributed by atoms with E-state index in [2.05, 4.69) is 9.97 Å². The number of aliphatic carboxylic acids is 1. The molecular formula is C32H39F3N4O6S. The summed E-state index contributed by atoms with van der Waals surface area (Å²) in [5, 5.41) is 9.17. The molecule has 0 aliphatic carbocycles. The first-order valence-corrected chi connectivity index (χ1v) is 15.9. The first kappa shape index (κ1) is 36.4. The quantitative estimate of drug-likeness (QED) is 0.232. The van der Waals surface area contributed by atoms with Gasteiger partial charge in [-0.15, -0.1) is 0 Å². The van der Waals surface area contributed by atoms with Crippen molar-refractivity contribution in [2.24, 2.45) is 5.73 Å². The summed E-state index contributed by atoms with van der Waals surface area (Å²) in [6.07, 6.45) is -4.93. The predicted octanol–water partition coefficient (Wildman–Crippen LogP) is 6.14. The molecule has 10 nitrogen and oxygen atoms in total. The third-order valence-corrected chi connectivity index (χ3v) is 9.31. The second-order valence-corrected chi connectivity index (χ2v) is 14.8. The van der Waals surface area contributed by atoms with Crippen molar-refractivity contribution >= 4 is 27.7 Å². The molecule has 1 aromatic carbocycles. The van der Waals surface area contributed by atoms with Crippen LogP contribution in [0.15, 0.2) is 71.9 Å². The van der Waals surface area contributed by atoms with Gasteiger partial charge in [0.05, 0.1) is 5.69 Å². The maximum atomic E-state index is 14.1. The molecule has 1 amide bonds. The molecule has 0 aliphatic rings. The molecule has 1 unspecified atom stereocenters. The molecule has 0 saturated heterocycles. The summed E-state index contributed by atoms with van der Waals surface area (Å²) in [5.41, 5.74) is 6.28. The molecule has 3 aromatic rings. The van der Waals surface area contributed by atoms with Crippen molar-refractivity contribution in [2.75, 3.05) is 11.4 Å². The van der Waals surface area contributed by atoms with Crippen LogP contribution in [0.2, 0.25) is 0 Å². The molecule has 0 fully saturated rings. The van der Waals surface area contributed by atoms with Gasteiger partial charge in [-0.3, -0.25) is 9.69 Å². The van der Waals surface area contributed by atoms with Gasteiger partial charge in [-0.25, -0.2) is 23.2 Å². The average Bonchev–Trinajstić information content (AvgIpc) is 2.94. The van der Waals surface area contributed by atoms with Gasteiger partial charge in [0, 0.05) is 19.0 Å². The van der Waals surface area contributed by atoms with E-state index in [1.165, 1.54) is 42.6 Å². The Labute approximate surface area is 266 Å². The fraction of sp³-hybridized carbons (Fsp3) is 0.438. The number of anilines is 1. The van der Waals surface area contributed by atoms with E-state index in [0.717, 1.165) is 10.5 Å². The average molecular weight is 665 g/mol. The van der Waals surface area contributed by atoms with Gasteiger partial charge in [-0.05, 0) is 74.4 Å². The van der Waals surface area contributed by atoms with Crippen molar-refractivity contribution in [1.82, 2.24) is 9.97 Å². The van der Waals surface area contributed by atoms with Crippen LogP contribution in [-0.2, 0) is 36.1 Å². The normalized spacial score (nSPS) is 13.9. The molecular weight excluding hydrogens is 625 g/mol. The summed E-state index contributed by atoms with van der Waals surface area (Å²) < 4.78 is 71.8. The predicted molar refractivity (Wildman–Crippen MR) is 166 cm³/mol. The van der Waals surface area contributed by atoms with E-state index in [9.17, 15) is 36.3 Å². The molecule has 0 saturated carbocycles. The van der Waals surface area contributed by atoms with Crippen molar-refractivity contribution < 1.29 is 41.0 Å². The fourth-order valence-electron chi connectivity index (χ4n) is 4.77. The minimum atomic E-state index is -4.48.